The van der Waals surface area contributed by atoms with E-state index in [-0.39, 0.29) is 11.4 Å². The molecule has 1 amide bonds. The Labute approximate surface area is 149 Å². The number of nitrogens with zero attached hydrogens (tertiary/aromatic N) is 1. The number of benzene rings is 1. The molecular formula is C21H28FNO2. The van der Waals surface area contributed by atoms with Crippen molar-refractivity contribution >= 4 is 5.91 Å². The smallest absolute Gasteiger partial charge is 0.225 e. The van der Waals surface area contributed by atoms with Gasteiger partial charge in [-0.1, -0.05) is 18.6 Å². The van der Waals surface area contributed by atoms with Crippen molar-refractivity contribution in [1.29, 1.82) is 0 Å². The summed E-state index contributed by atoms with van der Waals surface area (Å²) in [6.45, 7) is 2.46. The highest BCUT2D eigenvalue weighted by molar-refractivity contribution is 5.79. The van der Waals surface area contributed by atoms with E-state index in [2.05, 4.69) is 4.90 Å². The maximum Gasteiger partial charge on any atom is 0.225 e. The molecule has 0 N–H and O–H groups in total. The zero-order valence-corrected chi connectivity index (χ0v) is 14.9. The first-order chi connectivity index (χ1) is 12.1. The second-order valence-corrected chi connectivity index (χ2v) is 8.18. The van der Waals surface area contributed by atoms with Gasteiger partial charge in [-0.2, -0.15) is 0 Å². The maximum atomic E-state index is 13.4. The summed E-state index contributed by atoms with van der Waals surface area (Å²) in [6, 6.07) is 6.97. The number of carbonyl (C=O) groups is 1. The third kappa shape index (κ3) is 3.74. The summed E-state index contributed by atoms with van der Waals surface area (Å²) < 4.78 is 19.6. The Morgan fingerprint density at radius 3 is 2.72 bits per heavy atom. The molecule has 4 heteroatoms. The number of rotatable bonds is 3. The SMILES string of the molecule is O=C(C1CCC1)N1CCC2(CC1)CC(Cc1cccc(F)c1)CCO2. The van der Waals surface area contributed by atoms with Gasteiger partial charge < -0.3 is 9.64 Å². The molecule has 3 fully saturated rings. The van der Waals surface area contributed by atoms with Gasteiger partial charge in [0.05, 0.1) is 5.60 Å². The summed E-state index contributed by atoms with van der Waals surface area (Å²) in [5, 5.41) is 0. The van der Waals surface area contributed by atoms with Gasteiger partial charge in [0.25, 0.3) is 0 Å². The second-order valence-electron chi connectivity index (χ2n) is 8.18. The van der Waals surface area contributed by atoms with Crippen LogP contribution in [-0.4, -0.2) is 36.1 Å². The van der Waals surface area contributed by atoms with E-state index in [0.29, 0.717) is 17.7 Å². The number of likely N-dealkylation sites (tertiary alicyclic amines) is 1. The van der Waals surface area contributed by atoms with Crippen LogP contribution < -0.4 is 0 Å². The van der Waals surface area contributed by atoms with Crippen molar-refractivity contribution in [3.63, 3.8) is 0 Å². The first kappa shape index (κ1) is 17.0. The third-order valence-electron chi connectivity index (χ3n) is 6.45. The quantitative estimate of drug-likeness (QED) is 0.830. The normalized spacial score (nSPS) is 26.4. The predicted octanol–water partition coefficient (Wildman–Crippen LogP) is 3.96. The molecule has 1 aromatic carbocycles. The van der Waals surface area contributed by atoms with Gasteiger partial charge in [-0.05, 0) is 68.6 Å². The number of carbonyl (C=O) groups excluding carboxylic acids is 1. The van der Waals surface area contributed by atoms with Crippen molar-refractivity contribution < 1.29 is 13.9 Å². The van der Waals surface area contributed by atoms with Crippen LogP contribution in [0.25, 0.3) is 0 Å². The Kier molecular flexibility index (Phi) is 4.81. The van der Waals surface area contributed by atoms with Crippen LogP contribution in [0, 0.1) is 17.7 Å². The molecule has 3 nitrogen and oxygen atoms in total. The number of hydrogen-bond acceptors (Lipinski definition) is 2. The van der Waals surface area contributed by atoms with Crippen LogP contribution in [-0.2, 0) is 16.0 Å². The molecule has 1 spiro atoms. The van der Waals surface area contributed by atoms with Crippen LogP contribution in [0.15, 0.2) is 24.3 Å². The molecule has 4 rings (SSSR count). The number of amides is 1. The lowest BCUT2D eigenvalue weighted by Gasteiger charge is -2.47. The fourth-order valence-corrected chi connectivity index (χ4v) is 4.70. The molecule has 136 valence electrons. The van der Waals surface area contributed by atoms with Crippen LogP contribution in [0.5, 0.6) is 0 Å². The van der Waals surface area contributed by atoms with Gasteiger partial charge in [0.2, 0.25) is 5.91 Å². The van der Waals surface area contributed by atoms with Gasteiger partial charge in [-0.25, -0.2) is 4.39 Å². The van der Waals surface area contributed by atoms with E-state index in [0.717, 1.165) is 70.2 Å². The molecule has 1 aromatic rings. The van der Waals surface area contributed by atoms with E-state index >= 15 is 0 Å². The van der Waals surface area contributed by atoms with Gasteiger partial charge in [0.15, 0.2) is 0 Å². The summed E-state index contributed by atoms with van der Waals surface area (Å²) in [5.41, 5.74) is 1.02. The van der Waals surface area contributed by atoms with Crippen LogP contribution in [0.2, 0.25) is 0 Å². The van der Waals surface area contributed by atoms with Crippen molar-refractivity contribution in [2.45, 2.75) is 57.0 Å². The molecule has 0 bridgehead atoms. The Morgan fingerprint density at radius 1 is 1.24 bits per heavy atom. The Balaban J connectivity index is 1.34. The predicted molar refractivity (Wildman–Crippen MR) is 94.7 cm³/mol. The minimum absolute atomic E-state index is 0.0629. The van der Waals surface area contributed by atoms with Crippen LogP contribution in [0.1, 0.15) is 50.5 Å². The Morgan fingerprint density at radius 2 is 2.04 bits per heavy atom. The van der Waals surface area contributed by atoms with Gasteiger partial charge in [-0.15, -0.1) is 0 Å². The zero-order chi connectivity index (χ0) is 17.3. The van der Waals surface area contributed by atoms with Crippen LogP contribution >= 0.6 is 0 Å². The minimum atomic E-state index is -0.151. The standard InChI is InChI=1S/C21H28FNO2/c22-19-6-1-3-16(14-19)13-17-7-12-25-21(15-17)8-10-23(11-9-21)20(24)18-4-2-5-18/h1,3,6,14,17-18H,2,4-5,7-13,15H2. The summed E-state index contributed by atoms with van der Waals surface area (Å²) in [6.07, 6.45) is 8.26. The van der Waals surface area contributed by atoms with E-state index in [9.17, 15) is 9.18 Å². The fourth-order valence-electron chi connectivity index (χ4n) is 4.70. The van der Waals surface area contributed by atoms with Crippen molar-refractivity contribution in [2.75, 3.05) is 19.7 Å². The van der Waals surface area contributed by atoms with E-state index in [1.54, 1.807) is 12.1 Å². The van der Waals surface area contributed by atoms with Gasteiger partial charge in [-0.3, -0.25) is 4.79 Å². The highest BCUT2D eigenvalue weighted by Crippen LogP contribution is 2.39. The number of ether oxygens (including phenoxy) is 1. The summed E-state index contributed by atoms with van der Waals surface area (Å²) in [4.78, 5) is 14.5. The Bertz CT molecular complexity index is 620. The second kappa shape index (κ2) is 7.06. The molecule has 2 saturated heterocycles. The van der Waals surface area contributed by atoms with Gasteiger partial charge in [0.1, 0.15) is 5.82 Å². The molecule has 1 unspecified atom stereocenters. The first-order valence-electron chi connectivity index (χ1n) is 9.81. The van der Waals surface area contributed by atoms with Crippen LogP contribution in [0.4, 0.5) is 4.39 Å². The van der Waals surface area contributed by atoms with Crippen LogP contribution in [0.3, 0.4) is 0 Å². The summed E-state index contributed by atoms with van der Waals surface area (Å²) in [7, 11) is 0. The molecule has 25 heavy (non-hydrogen) atoms. The third-order valence-corrected chi connectivity index (χ3v) is 6.45. The van der Waals surface area contributed by atoms with E-state index < -0.39 is 0 Å². The fraction of sp³-hybridized carbons (Fsp3) is 0.667. The van der Waals surface area contributed by atoms with E-state index in [1.807, 2.05) is 6.07 Å². The number of hydrogen-bond donors (Lipinski definition) is 0. The topological polar surface area (TPSA) is 29.5 Å². The summed E-state index contributed by atoms with van der Waals surface area (Å²) >= 11 is 0. The van der Waals surface area contributed by atoms with Gasteiger partial charge in [0, 0.05) is 25.6 Å². The molecule has 1 atom stereocenters. The lowest BCUT2D eigenvalue weighted by atomic mass is 9.77. The van der Waals surface area contributed by atoms with E-state index in [1.165, 1.54) is 12.5 Å². The molecule has 2 heterocycles. The summed E-state index contributed by atoms with van der Waals surface area (Å²) in [5.74, 6) is 1.06. The zero-order valence-electron chi connectivity index (χ0n) is 14.9. The lowest BCUT2D eigenvalue weighted by Crippen LogP contribution is -2.52. The number of piperidine rings is 1. The molecule has 2 aliphatic heterocycles. The molecule has 0 aromatic heterocycles. The average Bonchev–Trinajstić information content (AvgIpc) is 2.54. The molecular weight excluding hydrogens is 317 g/mol. The minimum Gasteiger partial charge on any atom is -0.375 e. The molecule has 1 aliphatic carbocycles. The monoisotopic (exact) mass is 345 g/mol. The molecule has 0 radical (unpaired) electrons. The van der Waals surface area contributed by atoms with Crippen molar-refractivity contribution in [3.8, 4) is 0 Å². The highest BCUT2D eigenvalue weighted by atomic mass is 19.1. The number of halogens is 1. The highest BCUT2D eigenvalue weighted by Gasteiger charge is 2.42. The van der Waals surface area contributed by atoms with E-state index in [4.69, 9.17) is 4.74 Å². The Hall–Kier alpha value is -1.42. The maximum absolute atomic E-state index is 13.4. The molecule has 1 saturated carbocycles. The lowest BCUT2D eigenvalue weighted by molar-refractivity contribution is -0.152. The van der Waals surface area contributed by atoms with Crippen molar-refractivity contribution in [3.05, 3.63) is 35.6 Å². The average molecular weight is 345 g/mol. The van der Waals surface area contributed by atoms with Gasteiger partial charge >= 0.3 is 0 Å². The largest absolute Gasteiger partial charge is 0.375 e. The molecule has 3 aliphatic rings. The van der Waals surface area contributed by atoms with Crippen molar-refractivity contribution in [2.24, 2.45) is 11.8 Å². The van der Waals surface area contributed by atoms with Crippen molar-refractivity contribution in [1.82, 2.24) is 4.90 Å². The first-order valence-corrected chi connectivity index (χ1v) is 9.81.